The summed E-state index contributed by atoms with van der Waals surface area (Å²) >= 11 is 0. The first-order valence-corrected chi connectivity index (χ1v) is 8.98. The molecule has 2 aromatic rings. The van der Waals surface area contributed by atoms with Gasteiger partial charge in [0.05, 0.1) is 0 Å². The summed E-state index contributed by atoms with van der Waals surface area (Å²) in [6, 6.07) is 12.1. The Morgan fingerprint density at radius 1 is 0.840 bits per heavy atom. The van der Waals surface area contributed by atoms with Crippen molar-refractivity contribution in [1.29, 1.82) is 0 Å². The molecule has 1 aromatic carbocycles. The highest BCUT2D eigenvalue weighted by Crippen LogP contribution is 2.18. The molecular weight excluding hydrogens is 314 g/mol. The lowest BCUT2D eigenvalue weighted by Crippen LogP contribution is -2.49. The highest BCUT2D eigenvalue weighted by atomic mass is 16.2. The van der Waals surface area contributed by atoms with Gasteiger partial charge in [0.15, 0.2) is 0 Å². The van der Waals surface area contributed by atoms with Crippen molar-refractivity contribution in [2.24, 2.45) is 0 Å². The molecule has 25 heavy (non-hydrogen) atoms. The first-order chi connectivity index (χ1) is 12.3. The third-order valence-corrected chi connectivity index (χ3v) is 4.94. The van der Waals surface area contributed by atoms with Crippen molar-refractivity contribution in [3.8, 4) is 0 Å². The first kappa shape index (κ1) is 15.9. The third kappa shape index (κ3) is 3.43. The van der Waals surface area contributed by atoms with Crippen LogP contribution in [0.25, 0.3) is 0 Å². The van der Waals surface area contributed by atoms with Gasteiger partial charge in [-0.25, -0.2) is 9.97 Å². The molecule has 0 radical (unpaired) electrons. The number of hydrogen-bond acceptors (Lipinski definition) is 5. The van der Waals surface area contributed by atoms with E-state index in [9.17, 15) is 4.79 Å². The Bertz CT molecular complexity index is 722. The standard InChI is InChI=1S/C19H23N5O/c25-18(17-8-9-20-19(21-17)24-10-4-5-11-24)23-14-12-22(13-15-23)16-6-2-1-3-7-16/h1-3,6-9H,4-5,10-15H2. The smallest absolute Gasteiger partial charge is 0.272 e. The molecule has 2 saturated heterocycles. The molecule has 0 spiro atoms. The van der Waals surface area contributed by atoms with Crippen LogP contribution in [0.15, 0.2) is 42.6 Å². The van der Waals surface area contributed by atoms with Gasteiger partial charge in [-0.15, -0.1) is 0 Å². The van der Waals surface area contributed by atoms with Crippen molar-refractivity contribution in [2.75, 3.05) is 49.1 Å². The molecule has 0 unspecified atom stereocenters. The maximum absolute atomic E-state index is 12.8. The molecule has 0 N–H and O–H groups in total. The monoisotopic (exact) mass is 337 g/mol. The number of aromatic nitrogens is 2. The van der Waals surface area contributed by atoms with E-state index in [0.717, 1.165) is 39.3 Å². The fraction of sp³-hybridized carbons (Fsp3) is 0.421. The Labute approximate surface area is 148 Å². The second-order valence-electron chi connectivity index (χ2n) is 6.55. The van der Waals surface area contributed by atoms with Gasteiger partial charge in [-0.3, -0.25) is 4.79 Å². The van der Waals surface area contributed by atoms with Crippen LogP contribution in [-0.2, 0) is 0 Å². The summed E-state index contributed by atoms with van der Waals surface area (Å²) < 4.78 is 0. The van der Waals surface area contributed by atoms with E-state index in [2.05, 4.69) is 31.9 Å². The molecule has 6 heteroatoms. The van der Waals surface area contributed by atoms with Crippen molar-refractivity contribution in [1.82, 2.24) is 14.9 Å². The molecule has 1 aromatic heterocycles. The lowest BCUT2D eigenvalue weighted by molar-refractivity contribution is 0.0740. The predicted octanol–water partition coefficient (Wildman–Crippen LogP) is 2.04. The van der Waals surface area contributed by atoms with E-state index in [4.69, 9.17) is 0 Å². The number of rotatable bonds is 3. The van der Waals surface area contributed by atoms with Crippen molar-refractivity contribution in [3.63, 3.8) is 0 Å². The van der Waals surface area contributed by atoms with Crippen LogP contribution in [0.3, 0.4) is 0 Å². The number of amides is 1. The van der Waals surface area contributed by atoms with Crippen LogP contribution in [0.4, 0.5) is 11.6 Å². The number of nitrogens with zero attached hydrogens (tertiary/aromatic N) is 5. The van der Waals surface area contributed by atoms with Crippen molar-refractivity contribution >= 4 is 17.5 Å². The second-order valence-corrected chi connectivity index (χ2v) is 6.55. The normalized spacial score (nSPS) is 17.8. The van der Waals surface area contributed by atoms with Crippen LogP contribution < -0.4 is 9.80 Å². The number of piperazine rings is 1. The Kier molecular flexibility index (Phi) is 4.50. The van der Waals surface area contributed by atoms with Crippen LogP contribution in [0.5, 0.6) is 0 Å². The van der Waals surface area contributed by atoms with E-state index >= 15 is 0 Å². The summed E-state index contributed by atoms with van der Waals surface area (Å²) in [5.41, 5.74) is 1.72. The summed E-state index contributed by atoms with van der Waals surface area (Å²) in [5.74, 6) is 0.696. The van der Waals surface area contributed by atoms with Gasteiger partial charge in [0.25, 0.3) is 5.91 Å². The Morgan fingerprint density at radius 2 is 1.56 bits per heavy atom. The minimum absolute atomic E-state index is 0.00978. The van der Waals surface area contributed by atoms with Gasteiger partial charge in [0.2, 0.25) is 5.95 Å². The number of anilines is 2. The van der Waals surface area contributed by atoms with E-state index < -0.39 is 0 Å². The van der Waals surface area contributed by atoms with Crippen LogP contribution in [-0.4, -0.2) is 60.0 Å². The van der Waals surface area contributed by atoms with Crippen molar-refractivity contribution in [2.45, 2.75) is 12.8 Å². The molecule has 0 saturated carbocycles. The molecule has 3 heterocycles. The summed E-state index contributed by atoms with van der Waals surface area (Å²) in [6.45, 7) is 5.09. The molecule has 2 aliphatic rings. The Balaban J connectivity index is 1.41. The maximum atomic E-state index is 12.8. The highest BCUT2D eigenvalue weighted by molar-refractivity contribution is 5.92. The van der Waals surface area contributed by atoms with Gasteiger partial charge in [-0.05, 0) is 31.0 Å². The Morgan fingerprint density at radius 3 is 2.28 bits per heavy atom. The quantitative estimate of drug-likeness (QED) is 0.858. The van der Waals surface area contributed by atoms with Gasteiger partial charge >= 0.3 is 0 Å². The van der Waals surface area contributed by atoms with Gasteiger partial charge in [0, 0.05) is 51.2 Å². The third-order valence-electron chi connectivity index (χ3n) is 4.94. The van der Waals surface area contributed by atoms with Crippen LogP contribution in [0, 0.1) is 0 Å². The molecule has 6 nitrogen and oxygen atoms in total. The molecule has 0 aliphatic carbocycles. The molecule has 1 amide bonds. The van der Waals surface area contributed by atoms with Crippen molar-refractivity contribution < 1.29 is 4.79 Å². The minimum Gasteiger partial charge on any atom is -0.368 e. The predicted molar refractivity (Wildman–Crippen MR) is 98.0 cm³/mol. The summed E-state index contributed by atoms with van der Waals surface area (Å²) in [7, 11) is 0. The lowest BCUT2D eigenvalue weighted by atomic mass is 10.2. The summed E-state index contributed by atoms with van der Waals surface area (Å²) in [5, 5.41) is 0. The van der Waals surface area contributed by atoms with Crippen molar-refractivity contribution in [3.05, 3.63) is 48.3 Å². The maximum Gasteiger partial charge on any atom is 0.272 e. The topological polar surface area (TPSA) is 52.6 Å². The fourth-order valence-corrected chi connectivity index (χ4v) is 3.51. The largest absolute Gasteiger partial charge is 0.368 e. The van der Waals surface area contributed by atoms with E-state index in [1.165, 1.54) is 18.5 Å². The van der Waals surface area contributed by atoms with Gasteiger partial charge in [0.1, 0.15) is 5.69 Å². The van der Waals surface area contributed by atoms with Gasteiger partial charge in [-0.1, -0.05) is 18.2 Å². The number of benzene rings is 1. The zero-order valence-electron chi connectivity index (χ0n) is 14.3. The summed E-state index contributed by atoms with van der Waals surface area (Å²) in [4.78, 5) is 28.0. The molecule has 2 aliphatic heterocycles. The van der Waals surface area contributed by atoms with E-state index in [-0.39, 0.29) is 5.91 Å². The van der Waals surface area contributed by atoms with Crippen LogP contribution in [0.1, 0.15) is 23.3 Å². The Hall–Kier alpha value is -2.63. The molecule has 0 atom stereocenters. The second kappa shape index (κ2) is 7.09. The zero-order chi connectivity index (χ0) is 17.1. The molecular formula is C19H23N5O. The lowest BCUT2D eigenvalue weighted by Gasteiger charge is -2.36. The summed E-state index contributed by atoms with van der Waals surface area (Å²) in [6.07, 6.45) is 4.04. The molecule has 2 fully saturated rings. The average molecular weight is 337 g/mol. The minimum atomic E-state index is 0.00978. The molecule has 130 valence electrons. The number of carbonyl (C=O) groups excluding carboxylic acids is 1. The molecule has 4 rings (SSSR count). The molecule has 0 bridgehead atoms. The number of hydrogen-bond donors (Lipinski definition) is 0. The van der Waals surface area contributed by atoms with Gasteiger partial charge < -0.3 is 14.7 Å². The van der Waals surface area contributed by atoms with Gasteiger partial charge in [-0.2, -0.15) is 0 Å². The highest BCUT2D eigenvalue weighted by Gasteiger charge is 2.24. The van der Waals surface area contributed by atoms with Crippen LogP contribution in [0.2, 0.25) is 0 Å². The average Bonchev–Trinajstić information content (AvgIpc) is 3.23. The number of para-hydroxylation sites is 1. The zero-order valence-corrected chi connectivity index (χ0v) is 14.3. The van der Waals surface area contributed by atoms with E-state index in [1.54, 1.807) is 12.3 Å². The van der Waals surface area contributed by atoms with Crippen LogP contribution >= 0.6 is 0 Å². The van der Waals surface area contributed by atoms with E-state index in [0.29, 0.717) is 11.6 Å². The first-order valence-electron chi connectivity index (χ1n) is 8.98. The SMILES string of the molecule is O=C(c1ccnc(N2CCCC2)n1)N1CCN(c2ccccc2)CC1. The number of carbonyl (C=O) groups is 1. The fourth-order valence-electron chi connectivity index (χ4n) is 3.51. The van der Waals surface area contributed by atoms with E-state index in [1.807, 2.05) is 23.1 Å².